The van der Waals surface area contributed by atoms with Gasteiger partial charge < -0.3 is 44.5 Å². The zero-order chi connectivity index (χ0) is 66.4. The van der Waals surface area contributed by atoms with Gasteiger partial charge in [-0.2, -0.15) is 0 Å². The number of nitrogens with one attached hydrogen (secondary N) is 2. The number of carbonyl (C=O) groups excluding carboxylic acids is 3. The summed E-state index contributed by atoms with van der Waals surface area (Å²) in [7, 11) is 0. The van der Waals surface area contributed by atoms with E-state index in [4.69, 9.17) is 23.7 Å². The van der Waals surface area contributed by atoms with Crippen molar-refractivity contribution in [2.45, 2.75) is 129 Å². The van der Waals surface area contributed by atoms with Gasteiger partial charge in [-0.05, 0) is 162 Å². The highest BCUT2D eigenvalue weighted by Crippen LogP contribution is 2.46. The van der Waals surface area contributed by atoms with Crippen molar-refractivity contribution in [1.29, 1.82) is 0 Å². The molecule has 7 aromatic carbocycles. The zero-order valence-electron chi connectivity index (χ0n) is 53.3. The number of hydrogen-bond acceptors (Lipinski definition) is 16. The number of carbonyl (C=O) groups is 5. The maximum atomic E-state index is 13.2. The van der Waals surface area contributed by atoms with Crippen LogP contribution in [0.4, 0.5) is 9.59 Å². The second kappa shape index (κ2) is 29.9. The molecular formula is C71H76N10O12. The SMILES string of the molecule is CC(=O)OCC1c2ccccc2-c2ccccc21.C[C@@H](C(=O)O)n1nnnc1[C@H](Cc1ccc(OC(C)(C)C)cc1)NC(=O)OCC1c2ccccc2-c2ccccc21.C[C@@H](C(=O)O)n1nnnc1[C@H](Cc1ccc(OC(C)(C)C)cc1)NC(=O)OCc1ccccc1. The normalized spacial score (nSPS) is 13.5. The number of carboxylic acids is 2. The van der Waals surface area contributed by atoms with E-state index in [-0.39, 0.29) is 53.9 Å². The molecule has 0 unspecified atom stereocenters. The fourth-order valence-corrected chi connectivity index (χ4v) is 10.9. The molecule has 482 valence electrons. The molecule has 0 radical (unpaired) electrons. The average molecular weight is 1260 g/mol. The van der Waals surface area contributed by atoms with E-state index in [9.17, 15) is 34.2 Å². The van der Waals surface area contributed by atoms with Gasteiger partial charge in [0, 0.05) is 31.6 Å². The molecule has 0 fully saturated rings. The van der Waals surface area contributed by atoms with Gasteiger partial charge in [0.2, 0.25) is 0 Å². The molecule has 2 aromatic heterocycles. The summed E-state index contributed by atoms with van der Waals surface area (Å²) >= 11 is 0. The van der Waals surface area contributed by atoms with Crippen LogP contribution in [0.2, 0.25) is 0 Å². The van der Waals surface area contributed by atoms with Gasteiger partial charge in [-0.1, -0.05) is 152 Å². The maximum absolute atomic E-state index is 13.2. The quantitative estimate of drug-likeness (QED) is 0.0407. The number of ether oxygens (including phenoxy) is 5. The Morgan fingerprint density at radius 1 is 0.462 bits per heavy atom. The number of rotatable bonds is 20. The van der Waals surface area contributed by atoms with Crippen LogP contribution in [0.1, 0.15) is 149 Å². The molecule has 2 heterocycles. The van der Waals surface area contributed by atoms with Crippen LogP contribution in [0.3, 0.4) is 0 Å². The monoisotopic (exact) mass is 1260 g/mol. The number of fused-ring (bicyclic) bond motifs is 6. The van der Waals surface area contributed by atoms with E-state index in [1.54, 1.807) is 0 Å². The topological polar surface area (TPSA) is 283 Å². The van der Waals surface area contributed by atoms with Gasteiger partial charge in [0.05, 0.1) is 12.1 Å². The Morgan fingerprint density at radius 3 is 1.16 bits per heavy atom. The third-order valence-electron chi connectivity index (χ3n) is 15.2. The van der Waals surface area contributed by atoms with E-state index in [0.717, 1.165) is 38.9 Å². The van der Waals surface area contributed by atoms with E-state index in [1.807, 2.05) is 169 Å². The third kappa shape index (κ3) is 17.6. The fourth-order valence-electron chi connectivity index (χ4n) is 10.9. The molecule has 9 aromatic rings. The number of tetrazole rings is 2. The van der Waals surface area contributed by atoms with Gasteiger partial charge in [-0.25, -0.2) is 28.5 Å². The Balaban J connectivity index is 0.000000176. The number of aliphatic carboxylic acids is 2. The summed E-state index contributed by atoms with van der Waals surface area (Å²) in [4.78, 5) is 60.0. The van der Waals surface area contributed by atoms with Crippen LogP contribution >= 0.6 is 0 Å². The summed E-state index contributed by atoms with van der Waals surface area (Å²) in [6.07, 6.45) is -0.712. The molecule has 0 spiro atoms. The summed E-state index contributed by atoms with van der Waals surface area (Å²) < 4.78 is 30.5. The summed E-state index contributed by atoms with van der Waals surface area (Å²) in [5, 5.41) is 47.8. The van der Waals surface area contributed by atoms with Crippen LogP contribution in [0.15, 0.2) is 176 Å². The van der Waals surface area contributed by atoms with E-state index in [2.05, 4.69) is 90.2 Å². The van der Waals surface area contributed by atoms with Crippen molar-refractivity contribution in [3.63, 3.8) is 0 Å². The molecule has 93 heavy (non-hydrogen) atoms. The van der Waals surface area contributed by atoms with E-state index in [1.165, 1.54) is 52.4 Å². The number of aromatic nitrogens is 8. The first kappa shape index (κ1) is 66.6. The van der Waals surface area contributed by atoms with E-state index >= 15 is 0 Å². The number of amides is 2. The van der Waals surface area contributed by atoms with Crippen LogP contribution < -0.4 is 20.1 Å². The largest absolute Gasteiger partial charge is 0.488 e. The number of hydrogen-bond donors (Lipinski definition) is 4. The minimum Gasteiger partial charge on any atom is -0.488 e. The lowest BCUT2D eigenvalue weighted by Crippen LogP contribution is -2.34. The van der Waals surface area contributed by atoms with Crippen LogP contribution in [-0.2, 0) is 48.0 Å². The predicted octanol–water partition coefficient (Wildman–Crippen LogP) is 12.4. The second-order valence-electron chi connectivity index (χ2n) is 24.4. The van der Waals surface area contributed by atoms with Crippen molar-refractivity contribution < 1.29 is 57.9 Å². The molecule has 2 aliphatic carbocycles. The Bertz CT molecular complexity index is 3940. The van der Waals surface area contributed by atoms with E-state index < -0.39 is 48.3 Å². The summed E-state index contributed by atoms with van der Waals surface area (Å²) in [6.45, 7) is 16.8. The van der Waals surface area contributed by atoms with Crippen molar-refractivity contribution in [2.24, 2.45) is 0 Å². The predicted molar refractivity (Wildman–Crippen MR) is 345 cm³/mol. The van der Waals surface area contributed by atoms with Gasteiger partial charge in [0.1, 0.15) is 42.5 Å². The molecule has 11 rings (SSSR count). The molecule has 0 aliphatic heterocycles. The Labute approximate surface area is 539 Å². The number of alkyl carbamates (subject to hydrolysis) is 2. The Morgan fingerprint density at radius 2 is 0.806 bits per heavy atom. The zero-order valence-corrected chi connectivity index (χ0v) is 53.3. The lowest BCUT2D eigenvalue weighted by Gasteiger charge is -2.22. The molecule has 22 heteroatoms. The highest BCUT2D eigenvalue weighted by atomic mass is 16.6. The number of nitrogens with zero attached hydrogens (tertiary/aromatic N) is 8. The van der Waals surface area contributed by atoms with E-state index in [0.29, 0.717) is 30.9 Å². The van der Waals surface area contributed by atoms with Crippen LogP contribution in [0.5, 0.6) is 11.5 Å². The third-order valence-corrected chi connectivity index (χ3v) is 15.2. The first-order chi connectivity index (χ1) is 44.5. The van der Waals surface area contributed by atoms with Crippen molar-refractivity contribution >= 4 is 30.1 Å². The van der Waals surface area contributed by atoms with Gasteiger partial charge >= 0.3 is 30.1 Å². The van der Waals surface area contributed by atoms with Crippen LogP contribution in [0.25, 0.3) is 22.3 Å². The summed E-state index contributed by atoms with van der Waals surface area (Å²) in [6, 6.07) is 53.5. The number of benzene rings is 7. The van der Waals surface area contributed by atoms with Crippen molar-refractivity contribution in [1.82, 2.24) is 51.0 Å². The van der Waals surface area contributed by atoms with Crippen LogP contribution in [-0.4, -0.2) is 105 Å². The molecule has 0 bridgehead atoms. The lowest BCUT2D eigenvalue weighted by atomic mass is 9.98. The molecule has 2 aliphatic rings. The smallest absolute Gasteiger partial charge is 0.408 e. The maximum Gasteiger partial charge on any atom is 0.408 e. The van der Waals surface area contributed by atoms with Gasteiger partial charge in [-0.3, -0.25) is 4.79 Å². The number of carboxylic acid groups (broad SMARTS) is 2. The summed E-state index contributed by atoms with van der Waals surface area (Å²) in [5.74, 6) is -0.494. The number of esters is 1. The molecule has 0 saturated carbocycles. The Hall–Kier alpha value is -10.8. The molecular weight excluding hydrogens is 1180 g/mol. The van der Waals surface area contributed by atoms with Gasteiger partial charge in [0.15, 0.2) is 23.7 Å². The minimum atomic E-state index is -1.10. The average Bonchev–Trinajstić information content (AvgIpc) is 1.66. The lowest BCUT2D eigenvalue weighted by molar-refractivity contribution is -0.142. The van der Waals surface area contributed by atoms with Gasteiger partial charge in [-0.15, -0.1) is 10.2 Å². The fraction of sp³-hybridized carbons (Fsp3) is 0.310. The highest BCUT2D eigenvalue weighted by Gasteiger charge is 2.33. The van der Waals surface area contributed by atoms with Crippen molar-refractivity contribution in [2.75, 3.05) is 13.2 Å². The van der Waals surface area contributed by atoms with Crippen molar-refractivity contribution in [3.8, 4) is 33.8 Å². The van der Waals surface area contributed by atoms with Gasteiger partial charge in [0.25, 0.3) is 0 Å². The molecule has 4 N–H and O–H groups in total. The molecule has 4 atom stereocenters. The first-order valence-electron chi connectivity index (χ1n) is 30.5. The van der Waals surface area contributed by atoms with Crippen molar-refractivity contribution in [3.05, 3.63) is 227 Å². The standard InChI is InChI=1S/C31H33N5O5.C24H29N5O5.C16H14O2/c1-19(29(37)38)36-28(33-34-35-36)27(17-20-13-15-21(16-14-20)41-31(2,3)4)32-30(39)40-18-26-24-11-7-5-9-22(24)23-10-6-8-12-25(23)26;1-16(22(30)31)29-21(26-27-28-29)20(25-23(32)33-15-18-8-6-5-7-9-18)14-17-10-12-19(13-11-17)34-24(2,3)4;1-11(17)18-10-16-14-8-4-2-6-12(14)13-7-3-5-9-15(13)16/h5-16,19,26-27H,17-18H2,1-4H3,(H,32,39)(H,37,38);5-13,16,20H,14-15H2,1-4H3,(H,25,32)(H,30,31);2-9,16H,10H2,1H3/t19-,27-;16-,20-;/m00./s1. The molecule has 2 amide bonds. The highest BCUT2D eigenvalue weighted by molar-refractivity contribution is 5.80. The Kier molecular flexibility index (Phi) is 21.4. The first-order valence-corrected chi connectivity index (χ1v) is 30.5. The summed E-state index contributed by atoms with van der Waals surface area (Å²) in [5.41, 5.74) is 11.4. The van der Waals surface area contributed by atoms with Crippen LogP contribution in [0, 0.1) is 0 Å². The molecule has 22 nitrogen and oxygen atoms in total. The second-order valence-corrected chi connectivity index (χ2v) is 24.4. The minimum absolute atomic E-state index is 0.0920. The molecule has 0 saturated heterocycles.